The molecule has 24 heavy (non-hydrogen) atoms. The van der Waals surface area contributed by atoms with E-state index in [1.807, 2.05) is 18.2 Å². The van der Waals surface area contributed by atoms with Gasteiger partial charge in [0.25, 0.3) is 5.91 Å². The summed E-state index contributed by atoms with van der Waals surface area (Å²) in [5.41, 5.74) is 1.77. The predicted molar refractivity (Wildman–Crippen MR) is 95.9 cm³/mol. The van der Waals surface area contributed by atoms with Crippen LogP contribution in [-0.4, -0.2) is 48.6 Å². The van der Waals surface area contributed by atoms with Crippen LogP contribution in [0.15, 0.2) is 24.3 Å². The molecule has 0 aliphatic heterocycles. The number of unbranched alkanes of at least 4 members (excludes halogenated alkanes) is 3. The lowest BCUT2D eigenvalue weighted by molar-refractivity contribution is -0.128. The van der Waals surface area contributed by atoms with Crippen molar-refractivity contribution in [2.75, 3.05) is 20.7 Å². The van der Waals surface area contributed by atoms with E-state index >= 15 is 0 Å². The molecule has 0 fully saturated rings. The molecule has 1 aromatic rings. The number of carbonyl (C=O) groups excluding carboxylic acids is 2. The van der Waals surface area contributed by atoms with Crippen LogP contribution in [0, 0.1) is 0 Å². The minimum Gasteiger partial charge on any atom is -0.394 e. The normalized spacial score (nSPS) is 11.8. The fraction of sp³-hybridized carbons (Fsp3) is 0.579. The van der Waals surface area contributed by atoms with E-state index in [4.69, 9.17) is 5.11 Å². The number of aliphatic hydroxyl groups is 1. The topological polar surface area (TPSA) is 69.6 Å². The van der Waals surface area contributed by atoms with Crippen molar-refractivity contribution < 1.29 is 14.7 Å². The van der Waals surface area contributed by atoms with Gasteiger partial charge in [0.2, 0.25) is 5.91 Å². The summed E-state index contributed by atoms with van der Waals surface area (Å²) in [5, 5.41) is 11.8. The van der Waals surface area contributed by atoms with Crippen molar-refractivity contribution in [3.05, 3.63) is 35.4 Å². The van der Waals surface area contributed by atoms with Gasteiger partial charge in [0.15, 0.2) is 0 Å². The second-order valence-electron chi connectivity index (χ2n) is 6.46. The molecule has 0 aromatic heterocycles. The molecule has 0 spiro atoms. The van der Waals surface area contributed by atoms with Crippen LogP contribution in [0.2, 0.25) is 0 Å². The van der Waals surface area contributed by atoms with Gasteiger partial charge >= 0.3 is 0 Å². The zero-order valence-electron chi connectivity index (χ0n) is 15.0. The third-order valence-corrected chi connectivity index (χ3v) is 3.95. The van der Waals surface area contributed by atoms with Gasteiger partial charge in [-0.05, 0) is 43.9 Å². The van der Waals surface area contributed by atoms with Crippen molar-refractivity contribution in [2.45, 2.75) is 51.5 Å². The summed E-state index contributed by atoms with van der Waals surface area (Å²) in [6, 6.07) is 7.38. The lowest BCUT2D eigenvalue weighted by Crippen LogP contribution is -2.34. The molecule has 0 heterocycles. The number of hydrogen-bond acceptors (Lipinski definition) is 3. The Morgan fingerprint density at radius 1 is 1.17 bits per heavy atom. The number of amides is 2. The number of nitrogens with zero attached hydrogens (tertiary/aromatic N) is 1. The van der Waals surface area contributed by atoms with Crippen LogP contribution in [0.25, 0.3) is 0 Å². The third kappa shape index (κ3) is 7.59. The molecule has 0 saturated heterocycles. The smallest absolute Gasteiger partial charge is 0.251 e. The van der Waals surface area contributed by atoms with Gasteiger partial charge in [0.1, 0.15) is 0 Å². The highest BCUT2D eigenvalue weighted by molar-refractivity contribution is 5.94. The second-order valence-corrected chi connectivity index (χ2v) is 6.46. The van der Waals surface area contributed by atoms with Crippen molar-refractivity contribution in [2.24, 2.45) is 0 Å². The monoisotopic (exact) mass is 334 g/mol. The molecule has 1 aromatic carbocycles. The Balaban J connectivity index is 2.32. The average Bonchev–Trinajstić information content (AvgIpc) is 2.57. The van der Waals surface area contributed by atoms with E-state index in [1.165, 1.54) is 0 Å². The minimum absolute atomic E-state index is 0.0677. The zero-order chi connectivity index (χ0) is 17.9. The van der Waals surface area contributed by atoms with E-state index in [2.05, 4.69) is 5.32 Å². The van der Waals surface area contributed by atoms with Gasteiger partial charge in [-0.15, -0.1) is 0 Å². The number of carbonyl (C=O) groups is 2. The number of benzene rings is 1. The molecule has 5 nitrogen and oxygen atoms in total. The molecule has 1 rings (SSSR count). The number of aliphatic hydroxyl groups excluding tert-OH is 1. The standard InChI is InChI=1S/C19H30N2O3/c1-15(14-22)20-19(24)17-11-8-10-16(13-17)9-6-4-5-7-12-18(23)21(2)3/h8,10-11,13,15,22H,4-7,9,12,14H2,1-3H3,(H,20,24). The van der Waals surface area contributed by atoms with Gasteiger partial charge in [-0.2, -0.15) is 0 Å². The van der Waals surface area contributed by atoms with Crippen molar-refractivity contribution >= 4 is 11.8 Å². The molecule has 1 unspecified atom stereocenters. The summed E-state index contributed by atoms with van der Waals surface area (Å²) in [6.07, 6.45) is 5.66. The van der Waals surface area contributed by atoms with Crippen LogP contribution in [0.5, 0.6) is 0 Å². The van der Waals surface area contributed by atoms with Gasteiger partial charge in [0.05, 0.1) is 6.61 Å². The van der Waals surface area contributed by atoms with E-state index < -0.39 is 0 Å². The van der Waals surface area contributed by atoms with Crippen LogP contribution < -0.4 is 5.32 Å². The van der Waals surface area contributed by atoms with Crippen molar-refractivity contribution in [3.63, 3.8) is 0 Å². The first-order valence-electron chi connectivity index (χ1n) is 8.65. The van der Waals surface area contributed by atoms with E-state index in [-0.39, 0.29) is 24.5 Å². The fourth-order valence-electron chi connectivity index (χ4n) is 2.40. The quantitative estimate of drug-likeness (QED) is 0.646. The van der Waals surface area contributed by atoms with E-state index in [9.17, 15) is 9.59 Å². The number of nitrogens with one attached hydrogen (secondary N) is 1. The Morgan fingerprint density at radius 2 is 1.88 bits per heavy atom. The van der Waals surface area contributed by atoms with E-state index in [1.54, 1.807) is 32.0 Å². The van der Waals surface area contributed by atoms with Crippen LogP contribution in [0.3, 0.4) is 0 Å². The van der Waals surface area contributed by atoms with Crippen molar-refractivity contribution in [3.8, 4) is 0 Å². The Morgan fingerprint density at radius 3 is 2.54 bits per heavy atom. The Hall–Kier alpha value is -1.88. The molecule has 2 N–H and O–H groups in total. The number of rotatable bonds is 10. The summed E-state index contributed by atoms with van der Waals surface area (Å²) >= 11 is 0. The van der Waals surface area contributed by atoms with Gasteiger partial charge < -0.3 is 15.3 Å². The Bertz CT molecular complexity index is 529. The number of hydrogen-bond donors (Lipinski definition) is 2. The molecule has 0 radical (unpaired) electrons. The lowest BCUT2D eigenvalue weighted by atomic mass is 10.0. The first-order valence-corrected chi connectivity index (χ1v) is 8.65. The second kappa shape index (κ2) is 10.8. The first kappa shape index (κ1) is 20.2. The molecule has 0 bridgehead atoms. The van der Waals surface area contributed by atoms with Gasteiger partial charge in [-0.1, -0.05) is 25.0 Å². The molecule has 2 amide bonds. The van der Waals surface area contributed by atoms with Crippen molar-refractivity contribution in [1.82, 2.24) is 10.2 Å². The van der Waals surface area contributed by atoms with Crippen LogP contribution in [-0.2, 0) is 11.2 Å². The Kier molecular flexibility index (Phi) is 9.08. The highest BCUT2D eigenvalue weighted by atomic mass is 16.3. The van der Waals surface area contributed by atoms with Gasteiger partial charge in [0, 0.05) is 32.1 Å². The highest BCUT2D eigenvalue weighted by Gasteiger charge is 2.09. The molecular formula is C19H30N2O3. The maximum atomic E-state index is 12.0. The summed E-state index contributed by atoms with van der Waals surface area (Å²) in [7, 11) is 3.57. The largest absolute Gasteiger partial charge is 0.394 e. The maximum absolute atomic E-state index is 12.0. The molecule has 1 atom stereocenters. The molecule has 134 valence electrons. The minimum atomic E-state index is -0.244. The van der Waals surface area contributed by atoms with Gasteiger partial charge in [-0.3, -0.25) is 9.59 Å². The third-order valence-electron chi connectivity index (χ3n) is 3.95. The zero-order valence-corrected chi connectivity index (χ0v) is 15.0. The lowest BCUT2D eigenvalue weighted by Gasteiger charge is -2.11. The summed E-state index contributed by atoms with van der Waals surface area (Å²) in [6.45, 7) is 1.70. The summed E-state index contributed by atoms with van der Waals surface area (Å²) < 4.78 is 0. The Labute approximate surface area is 145 Å². The number of aryl methyl sites for hydroxylation is 1. The predicted octanol–water partition coefficient (Wildman–Crippen LogP) is 2.38. The van der Waals surface area contributed by atoms with Crippen LogP contribution in [0.1, 0.15) is 54.9 Å². The van der Waals surface area contributed by atoms with Crippen molar-refractivity contribution in [1.29, 1.82) is 0 Å². The SMILES string of the molecule is CC(CO)NC(=O)c1cccc(CCCCCCC(=O)N(C)C)c1. The average molecular weight is 334 g/mol. The summed E-state index contributed by atoms with van der Waals surface area (Å²) in [5.74, 6) is 0.0337. The van der Waals surface area contributed by atoms with Crippen LogP contribution >= 0.6 is 0 Å². The summed E-state index contributed by atoms with van der Waals surface area (Å²) in [4.78, 5) is 25.1. The van der Waals surface area contributed by atoms with E-state index in [0.717, 1.165) is 37.7 Å². The van der Waals surface area contributed by atoms with Gasteiger partial charge in [-0.25, -0.2) is 0 Å². The molecular weight excluding hydrogens is 304 g/mol. The highest BCUT2D eigenvalue weighted by Crippen LogP contribution is 2.12. The molecule has 0 aliphatic rings. The van der Waals surface area contributed by atoms with E-state index in [0.29, 0.717) is 12.0 Å². The maximum Gasteiger partial charge on any atom is 0.251 e. The van der Waals surface area contributed by atoms with Crippen LogP contribution in [0.4, 0.5) is 0 Å². The molecule has 5 heteroatoms. The fourth-order valence-corrected chi connectivity index (χ4v) is 2.40. The molecule has 0 aliphatic carbocycles. The molecule has 0 saturated carbocycles. The first-order chi connectivity index (χ1) is 11.4.